The van der Waals surface area contributed by atoms with Crippen molar-refractivity contribution >= 4 is 8.32 Å². The van der Waals surface area contributed by atoms with Crippen molar-refractivity contribution in [2.75, 3.05) is 6.54 Å². The summed E-state index contributed by atoms with van der Waals surface area (Å²) in [5.41, 5.74) is 0.255. The van der Waals surface area contributed by atoms with E-state index in [2.05, 4.69) is 66.5 Å². The largest absolute Gasteiger partial charge is 0.413 e. The van der Waals surface area contributed by atoms with Gasteiger partial charge < -0.3 is 4.43 Å². The molecule has 108 valence electrons. The van der Waals surface area contributed by atoms with Gasteiger partial charge in [0.25, 0.3) is 0 Å². The third kappa shape index (κ3) is 3.58. The average Bonchev–Trinajstić information content (AvgIpc) is 2.42. The molecule has 0 spiro atoms. The fourth-order valence-electron chi connectivity index (χ4n) is 2.60. The highest BCUT2D eigenvalue weighted by Crippen LogP contribution is 2.39. The van der Waals surface area contributed by atoms with Crippen LogP contribution in [0.2, 0.25) is 18.1 Å². The molecule has 0 saturated carbocycles. The van der Waals surface area contributed by atoms with Crippen molar-refractivity contribution in [1.82, 2.24) is 4.90 Å². The lowest BCUT2D eigenvalue weighted by Gasteiger charge is -2.39. The van der Waals surface area contributed by atoms with Gasteiger partial charge >= 0.3 is 0 Å². The van der Waals surface area contributed by atoms with Gasteiger partial charge in [0.05, 0.1) is 6.10 Å². The molecule has 2 atom stereocenters. The van der Waals surface area contributed by atoms with E-state index < -0.39 is 8.32 Å². The van der Waals surface area contributed by atoms with Gasteiger partial charge in [-0.2, -0.15) is 0 Å². The van der Waals surface area contributed by atoms with E-state index in [1.807, 2.05) is 0 Å². The van der Waals surface area contributed by atoms with Gasteiger partial charge in [0.2, 0.25) is 0 Å². The van der Waals surface area contributed by atoms with E-state index in [4.69, 9.17) is 4.43 Å². The first kappa shape index (κ1) is 16.2. The highest BCUT2D eigenvalue weighted by molar-refractivity contribution is 6.74. The Balaban J connectivity index is 2.68. The van der Waals surface area contributed by atoms with E-state index in [0.29, 0.717) is 17.2 Å². The molecule has 0 aromatic rings. The maximum atomic E-state index is 6.56. The number of likely N-dealkylation sites (tertiary alicyclic amines) is 1. The fourth-order valence-corrected chi connectivity index (χ4v) is 3.95. The van der Waals surface area contributed by atoms with Crippen molar-refractivity contribution < 1.29 is 4.43 Å². The molecule has 3 heteroatoms. The Kier molecular flexibility index (Phi) is 4.42. The maximum absolute atomic E-state index is 6.56. The fraction of sp³-hybridized carbons (Fsp3) is 1.00. The number of hydrogen-bond acceptors (Lipinski definition) is 2. The molecule has 0 N–H and O–H groups in total. The summed E-state index contributed by atoms with van der Waals surface area (Å²) in [5, 5.41) is 0.311. The van der Waals surface area contributed by atoms with Crippen LogP contribution < -0.4 is 0 Å². The zero-order chi connectivity index (χ0) is 14.4. The minimum absolute atomic E-state index is 0.255. The van der Waals surface area contributed by atoms with Gasteiger partial charge in [-0.15, -0.1) is 0 Å². The second kappa shape index (κ2) is 4.91. The Morgan fingerprint density at radius 1 is 1.06 bits per heavy atom. The van der Waals surface area contributed by atoms with E-state index in [1.165, 1.54) is 6.42 Å². The highest BCUT2D eigenvalue weighted by atomic mass is 28.4. The van der Waals surface area contributed by atoms with Gasteiger partial charge in [-0.05, 0) is 52.2 Å². The number of nitrogens with zero attached hydrogens (tertiary/aromatic N) is 1. The van der Waals surface area contributed by atoms with Crippen LogP contribution in [-0.2, 0) is 4.43 Å². The predicted octanol–water partition coefficient (Wildman–Crippen LogP) is 4.27. The van der Waals surface area contributed by atoms with Crippen LogP contribution in [0.3, 0.4) is 0 Å². The summed E-state index contributed by atoms with van der Waals surface area (Å²) >= 11 is 0. The molecular formula is C15H33NOSi. The maximum Gasteiger partial charge on any atom is 0.192 e. The summed E-state index contributed by atoms with van der Waals surface area (Å²) < 4.78 is 6.56. The summed E-state index contributed by atoms with van der Waals surface area (Å²) in [4.78, 5) is 2.59. The van der Waals surface area contributed by atoms with E-state index in [9.17, 15) is 0 Å². The van der Waals surface area contributed by atoms with E-state index in [-0.39, 0.29) is 5.54 Å². The van der Waals surface area contributed by atoms with Crippen molar-refractivity contribution in [2.24, 2.45) is 0 Å². The minimum atomic E-state index is -1.61. The predicted molar refractivity (Wildman–Crippen MR) is 82.6 cm³/mol. The van der Waals surface area contributed by atoms with Crippen LogP contribution in [0.4, 0.5) is 0 Å². The molecule has 2 nitrogen and oxygen atoms in total. The molecule has 0 radical (unpaired) electrons. The van der Waals surface area contributed by atoms with E-state index >= 15 is 0 Å². The van der Waals surface area contributed by atoms with Crippen molar-refractivity contribution in [3.8, 4) is 0 Å². The lowest BCUT2D eigenvalue weighted by molar-refractivity contribution is 0.112. The molecule has 1 saturated heterocycles. The first-order valence-electron chi connectivity index (χ1n) is 7.29. The lowest BCUT2D eigenvalue weighted by Crippen LogP contribution is -2.46. The Hall–Kier alpha value is 0.137. The van der Waals surface area contributed by atoms with Crippen LogP contribution in [0.5, 0.6) is 0 Å². The summed E-state index contributed by atoms with van der Waals surface area (Å²) in [7, 11) is -1.61. The molecule has 0 aromatic heterocycles. The van der Waals surface area contributed by atoms with Gasteiger partial charge in [0, 0.05) is 18.1 Å². The van der Waals surface area contributed by atoms with Crippen LogP contribution >= 0.6 is 0 Å². The molecule has 1 aliphatic heterocycles. The monoisotopic (exact) mass is 271 g/mol. The minimum Gasteiger partial charge on any atom is -0.413 e. The van der Waals surface area contributed by atoms with Gasteiger partial charge in [-0.3, -0.25) is 4.90 Å². The molecular weight excluding hydrogens is 238 g/mol. The van der Waals surface area contributed by atoms with E-state index in [1.54, 1.807) is 0 Å². The highest BCUT2D eigenvalue weighted by Gasteiger charge is 2.43. The Morgan fingerprint density at radius 2 is 1.56 bits per heavy atom. The molecule has 0 aliphatic carbocycles. The van der Waals surface area contributed by atoms with E-state index in [0.717, 1.165) is 6.54 Å². The Labute approximate surface area is 115 Å². The molecule has 1 heterocycles. The zero-order valence-corrected chi connectivity index (χ0v) is 14.9. The van der Waals surface area contributed by atoms with Crippen LogP contribution in [0, 0.1) is 0 Å². The van der Waals surface area contributed by atoms with Crippen LogP contribution in [-0.4, -0.2) is 37.4 Å². The molecule has 0 bridgehead atoms. The summed E-state index contributed by atoms with van der Waals surface area (Å²) in [6.07, 6.45) is 1.61. The SMILES string of the molecule is C[C@H]1C[C@H](O[Si](C)(C)C(C)(C)C)CN1C(C)(C)C. The molecule has 0 unspecified atom stereocenters. The lowest BCUT2D eigenvalue weighted by atomic mass is 10.1. The Bertz CT molecular complexity index is 288. The van der Waals surface area contributed by atoms with Crippen molar-refractivity contribution in [3.63, 3.8) is 0 Å². The quantitative estimate of drug-likeness (QED) is 0.696. The van der Waals surface area contributed by atoms with Crippen molar-refractivity contribution in [2.45, 2.75) is 90.7 Å². The standard InChI is InChI=1S/C15H33NOSi/c1-12-10-13(11-16(12)14(2,3)4)17-18(8,9)15(5,6)7/h12-13H,10-11H2,1-9H3/t12-,13-/m0/s1. The summed E-state index contributed by atoms with van der Waals surface area (Å²) in [5.74, 6) is 0. The second-order valence-electron chi connectivity index (χ2n) is 8.41. The average molecular weight is 272 g/mol. The van der Waals surface area contributed by atoms with Gasteiger partial charge in [0.15, 0.2) is 8.32 Å². The molecule has 1 aliphatic rings. The second-order valence-corrected chi connectivity index (χ2v) is 13.2. The first-order valence-corrected chi connectivity index (χ1v) is 10.2. The molecule has 1 rings (SSSR count). The molecule has 0 aromatic carbocycles. The smallest absolute Gasteiger partial charge is 0.192 e. The van der Waals surface area contributed by atoms with Crippen LogP contribution in [0.15, 0.2) is 0 Å². The van der Waals surface area contributed by atoms with Crippen molar-refractivity contribution in [3.05, 3.63) is 0 Å². The topological polar surface area (TPSA) is 12.5 Å². The van der Waals surface area contributed by atoms with Gasteiger partial charge in [-0.25, -0.2) is 0 Å². The van der Waals surface area contributed by atoms with Gasteiger partial charge in [0.1, 0.15) is 0 Å². The zero-order valence-electron chi connectivity index (χ0n) is 13.9. The third-order valence-electron chi connectivity index (χ3n) is 4.67. The molecule has 0 amide bonds. The third-order valence-corrected chi connectivity index (χ3v) is 9.20. The van der Waals surface area contributed by atoms with Crippen LogP contribution in [0.25, 0.3) is 0 Å². The normalized spacial score (nSPS) is 27.8. The summed E-state index contributed by atoms with van der Waals surface area (Å²) in [6.45, 7) is 22.0. The first-order chi connectivity index (χ1) is 7.84. The van der Waals surface area contributed by atoms with Crippen molar-refractivity contribution in [1.29, 1.82) is 0 Å². The molecule has 1 fully saturated rings. The Morgan fingerprint density at radius 3 is 1.89 bits per heavy atom. The van der Waals surface area contributed by atoms with Crippen LogP contribution in [0.1, 0.15) is 54.9 Å². The van der Waals surface area contributed by atoms with Gasteiger partial charge in [-0.1, -0.05) is 20.8 Å². The number of rotatable bonds is 2. The molecule has 18 heavy (non-hydrogen) atoms. The number of hydrogen-bond donors (Lipinski definition) is 0. The summed E-state index contributed by atoms with van der Waals surface area (Å²) in [6, 6.07) is 0.639.